The van der Waals surface area contributed by atoms with Crippen LogP contribution in [0.5, 0.6) is 0 Å². The third kappa shape index (κ3) is 7.79. The molecule has 0 amide bonds. The highest BCUT2D eigenvalue weighted by Gasteiger charge is 2.33. The van der Waals surface area contributed by atoms with Crippen LogP contribution in [-0.2, 0) is 14.1 Å². The average Bonchev–Trinajstić information content (AvgIpc) is 3.64. The van der Waals surface area contributed by atoms with E-state index in [0.29, 0.717) is 59.9 Å². The number of aliphatic hydroxyl groups is 2. The monoisotopic (exact) mass is 836 g/mol. The molecule has 320 valence electrons. The second-order valence-electron chi connectivity index (χ2n) is 17.7. The zero-order valence-corrected chi connectivity index (χ0v) is 35.9. The Bertz CT molecular complexity index is 2900. The lowest BCUT2D eigenvalue weighted by atomic mass is 9.83. The Labute approximate surface area is 357 Å². The van der Waals surface area contributed by atoms with Gasteiger partial charge in [-0.05, 0) is 127 Å². The fourth-order valence-corrected chi connectivity index (χ4v) is 8.97. The zero-order valence-electron chi connectivity index (χ0n) is 35.9. The van der Waals surface area contributed by atoms with Crippen LogP contribution in [0.25, 0.3) is 44.1 Å². The first-order valence-corrected chi connectivity index (χ1v) is 21.2. The molecule has 0 bridgehead atoms. The van der Waals surface area contributed by atoms with Gasteiger partial charge in [0.05, 0.1) is 34.6 Å². The van der Waals surface area contributed by atoms with E-state index in [1.165, 1.54) is 0 Å². The minimum Gasteiger partial charge on any atom is -0.390 e. The molecule has 2 fully saturated rings. The van der Waals surface area contributed by atoms with Crippen molar-refractivity contribution in [3.05, 3.63) is 105 Å². The minimum absolute atomic E-state index is 0.0210. The van der Waals surface area contributed by atoms with Crippen LogP contribution in [0, 0.1) is 13.8 Å². The summed E-state index contributed by atoms with van der Waals surface area (Å²) in [7, 11) is 3.49. The van der Waals surface area contributed by atoms with Crippen LogP contribution in [0.3, 0.4) is 0 Å². The molecule has 10 rings (SSSR count). The van der Waals surface area contributed by atoms with Crippen LogP contribution < -0.4 is 22.0 Å². The van der Waals surface area contributed by atoms with Gasteiger partial charge in [-0.3, -0.25) is 28.2 Å². The predicted molar refractivity (Wildman–Crippen MR) is 241 cm³/mol. The van der Waals surface area contributed by atoms with Gasteiger partial charge >= 0.3 is 11.4 Å². The first kappa shape index (κ1) is 40.9. The van der Waals surface area contributed by atoms with Gasteiger partial charge in [-0.25, -0.2) is 19.6 Å². The number of pyridine rings is 2. The number of rotatable bonds is 6. The highest BCUT2D eigenvalue weighted by Crippen LogP contribution is 2.37. The third-order valence-electron chi connectivity index (χ3n) is 12.9. The molecule has 62 heavy (non-hydrogen) atoms. The summed E-state index contributed by atoms with van der Waals surface area (Å²) in [5.74, 6) is 0.891. The van der Waals surface area contributed by atoms with E-state index < -0.39 is 11.2 Å². The molecule has 16 nitrogen and oxygen atoms in total. The molecule has 6 heterocycles. The molecule has 2 aliphatic rings. The molecule has 0 atom stereocenters. The lowest BCUT2D eigenvalue weighted by Gasteiger charge is -2.33. The molecule has 0 saturated heterocycles. The van der Waals surface area contributed by atoms with Crippen LogP contribution in [0.15, 0.2) is 82.9 Å². The van der Waals surface area contributed by atoms with Gasteiger partial charge in [-0.1, -0.05) is 12.1 Å². The number of benzene rings is 2. The van der Waals surface area contributed by atoms with E-state index in [0.717, 1.165) is 70.0 Å². The maximum atomic E-state index is 13.0. The number of imidazole rings is 2. The van der Waals surface area contributed by atoms with Crippen molar-refractivity contribution in [2.24, 2.45) is 14.1 Å². The van der Waals surface area contributed by atoms with Crippen LogP contribution in [0.2, 0.25) is 0 Å². The van der Waals surface area contributed by atoms with Gasteiger partial charge in [0.1, 0.15) is 11.0 Å². The van der Waals surface area contributed by atoms with Crippen LogP contribution in [0.1, 0.15) is 88.4 Å². The molecule has 16 heteroatoms. The number of nitrogens with one attached hydrogen (secondary N) is 2. The molecule has 0 unspecified atom stereocenters. The van der Waals surface area contributed by atoms with Crippen molar-refractivity contribution in [3.8, 4) is 0 Å². The van der Waals surface area contributed by atoms with E-state index in [1.807, 2.05) is 76.2 Å². The lowest BCUT2D eigenvalue weighted by molar-refractivity contribution is 0.00951. The van der Waals surface area contributed by atoms with E-state index in [2.05, 4.69) is 30.6 Å². The highest BCUT2D eigenvalue weighted by molar-refractivity contribution is 5.86. The Morgan fingerprint density at radius 1 is 0.613 bits per heavy atom. The molecule has 2 saturated carbocycles. The van der Waals surface area contributed by atoms with Crippen molar-refractivity contribution in [3.63, 3.8) is 0 Å². The van der Waals surface area contributed by atoms with Crippen LogP contribution in [0.4, 0.5) is 23.3 Å². The molecule has 8 aromatic rings. The lowest BCUT2D eigenvalue weighted by Crippen LogP contribution is -2.35. The molecule has 0 aliphatic heterocycles. The maximum absolute atomic E-state index is 13.0. The molecule has 0 radical (unpaired) electrons. The summed E-state index contributed by atoms with van der Waals surface area (Å²) >= 11 is 0. The van der Waals surface area contributed by atoms with E-state index in [4.69, 9.17) is 9.97 Å². The van der Waals surface area contributed by atoms with Gasteiger partial charge in [0, 0.05) is 60.7 Å². The van der Waals surface area contributed by atoms with Crippen LogP contribution in [-0.4, -0.2) is 69.6 Å². The molecule has 4 N–H and O–H groups in total. The molecule has 2 aromatic carbocycles. The van der Waals surface area contributed by atoms with E-state index in [1.54, 1.807) is 57.2 Å². The predicted octanol–water partition coefficient (Wildman–Crippen LogP) is 7.19. The Morgan fingerprint density at radius 3 is 1.39 bits per heavy atom. The average molecular weight is 837 g/mol. The number of nitrogens with zero attached hydrogens (tertiary/aromatic N) is 10. The second-order valence-corrected chi connectivity index (χ2v) is 17.7. The first-order chi connectivity index (χ1) is 29.6. The first-order valence-electron chi connectivity index (χ1n) is 21.2. The Kier molecular flexibility index (Phi) is 10.4. The number of aryl methyl sites for hydroxylation is 4. The van der Waals surface area contributed by atoms with Crippen molar-refractivity contribution >= 4 is 67.4 Å². The SMILES string of the molecule is Cc1cc2ncccc2cc1Nc1ncc2c(n1)n(C1CCC(C)(O)CC1)c(=O)n2C.Cc1cc2ncccc2cc1Nc1ncc2c(n1)n(C1CCC(C)(O)CC1)c(=O)n2C. The standard InChI is InChI=1S/2C23H26N6O2/c2*1-14-11-18-15(5-4-10-24-18)12-17(14)26-21-25-13-19-20(27-21)29(22(30)28(19)3)16-6-8-23(2,31)9-7-16/h2*4-5,10-13,16,31H,6-9H2,1-3H3,(H,25,26,27). The summed E-state index contributed by atoms with van der Waals surface area (Å²) in [4.78, 5) is 53.1. The molecule has 6 aromatic heterocycles. The minimum atomic E-state index is -0.658. The maximum Gasteiger partial charge on any atom is 0.330 e. The quantitative estimate of drug-likeness (QED) is 0.132. The van der Waals surface area contributed by atoms with Crippen molar-refractivity contribution in [2.45, 2.75) is 102 Å². The number of anilines is 4. The fourth-order valence-electron chi connectivity index (χ4n) is 8.97. The van der Waals surface area contributed by atoms with Crippen molar-refractivity contribution < 1.29 is 10.2 Å². The molecular weight excluding hydrogens is 785 g/mol. The van der Waals surface area contributed by atoms with Gasteiger partial charge in [0.2, 0.25) is 11.9 Å². The summed E-state index contributed by atoms with van der Waals surface area (Å²) < 4.78 is 6.74. The number of hydrogen-bond acceptors (Lipinski definition) is 12. The Morgan fingerprint density at radius 2 is 1.00 bits per heavy atom. The van der Waals surface area contributed by atoms with E-state index in [-0.39, 0.29) is 23.5 Å². The number of fused-ring (bicyclic) bond motifs is 4. The smallest absolute Gasteiger partial charge is 0.330 e. The topological polar surface area (TPSA) is 196 Å². The van der Waals surface area contributed by atoms with Gasteiger partial charge in [0.25, 0.3) is 0 Å². The zero-order chi connectivity index (χ0) is 43.5. The molecule has 0 spiro atoms. The van der Waals surface area contributed by atoms with Crippen molar-refractivity contribution in [1.29, 1.82) is 0 Å². The number of hydrogen-bond donors (Lipinski definition) is 4. The van der Waals surface area contributed by atoms with Crippen molar-refractivity contribution in [1.82, 2.24) is 48.2 Å². The molecular formula is C46H52N12O4. The van der Waals surface area contributed by atoms with Crippen molar-refractivity contribution in [2.75, 3.05) is 10.6 Å². The van der Waals surface area contributed by atoms with E-state index >= 15 is 0 Å². The fraction of sp³-hybridized carbons (Fsp3) is 0.391. The van der Waals surface area contributed by atoms with Gasteiger partial charge in [-0.2, -0.15) is 9.97 Å². The summed E-state index contributed by atoms with van der Waals surface area (Å²) in [6, 6.07) is 16.0. The summed E-state index contributed by atoms with van der Waals surface area (Å²) in [5, 5.41) is 29.3. The summed E-state index contributed by atoms with van der Waals surface area (Å²) in [6.07, 6.45) is 12.6. The van der Waals surface area contributed by atoms with Gasteiger partial charge < -0.3 is 20.8 Å². The highest BCUT2D eigenvalue weighted by atomic mass is 16.3. The normalized spacial score (nSPS) is 21.6. The van der Waals surface area contributed by atoms with Gasteiger partial charge in [0.15, 0.2) is 11.3 Å². The number of aromatic nitrogens is 10. The largest absolute Gasteiger partial charge is 0.390 e. The Hall–Kier alpha value is -6.52. The van der Waals surface area contributed by atoms with Gasteiger partial charge in [-0.15, -0.1) is 0 Å². The molecule has 2 aliphatic carbocycles. The van der Waals surface area contributed by atoms with E-state index in [9.17, 15) is 19.8 Å². The second kappa shape index (κ2) is 15.7. The van der Waals surface area contributed by atoms with Crippen LogP contribution >= 0.6 is 0 Å². The summed E-state index contributed by atoms with van der Waals surface area (Å²) in [6.45, 7) is 7.75. The Balaban J connectivity index is 0.000000158. The summed E-state index contributed by atoms with van der Waals surface area (Å²) in [5.41, 5.74) is 6.89. The third-order valence-corrected chi connectivity index (χ3v) is 12.9.